The summed E-state index contributed by atoms with van der Waals surface area (Å²) in [7, 11) is 0. The summed E-state index contributed by atoms with van der Waals surface area (Å²) < 4.78 is 53.5. The fourth-order valence-electron chi connectivity index (χ4n) is 3.42. The Kier molecular flexibility index (Phi) is 7.22. The summed E-state index contributed by atoms with van der Waals surface area (Å²) in [6.45, 7) is -0.00690. The van der Waals surface area contributed by atoms with Gasteiger partial charge >= 0.3 is 5.69 Å². The standard InChI is InChI=1S/C22H19ClF3N5O4/c1-2-30-18(11-32)29-31(22(30)33)13-7-12-3-6-28-21(35-17-10-27-5-4-14(17)23)19(12)15(8-13)34-16(9-24)20(25)26/h3-8,10,16,20,32H,2,9,11H2,1H3. The largest absolute Gasteiger partial charge is 0.481 e. The van der Waals surface area contributed by atoms with Gasteiger partial charge in [0, 0.05) is 25.0 Å². The second-order valence-electron chi connectivity index (χ2n) is 7.22. The number of benzene rings is 1. The molecule has 0 amide bonds. The molecule has 1 atom stereocenters. The smallest absolute Gasteiger partial charge is 0.350 e. The minimum Gasteiger partial charge on any atom is -0.481 e. The van der Waals surface area contributed by atoms with E-state index in [4.69, 9.17) is 21.1 Å². The number of fused-ring (bicyclic) bond motifs is 1. The van der Waals surface area contributed by atoms with Crippen LogP contribution in [-0.2, 0) is 13.2 Å². The quantitative estimate of drug-likeness (QED) is 0.364. The first-order valence-corrected chi connectivity index (χ1v) is 10.8. The zero-order chi connectivity index (χ0) is 25.1. The highest BCUT2D eigenvalue weighted by Crippen LogP contribution is 2.38. The zero-order valence-corrected chi connectivity index (χ0v) is 19.0. The molecule has 35 heavy (non-hydrogen) atoms. The number of hydrogen-bond acceptors (Lipinski definition) is 7. The molecule has 0 aliphatic carbocycles. The maximum absolute atomic E-state index is 13.4. The molecule has 4 aromatic rings. The minimum absolute atomic E-state index is 0.0618. The monoisotopic (exact) mass is 509 g/mol. The highest BCUT2D eigenvalue weighted by Gasteiger charge is 2.25. The van der Waals surface area contributed by atoms with Crippen LogP contribution in [0.15, 0.2) is 47.7 Å². The second kappa shape index (κ2) is 10.3. The van der Waals surface area contributed by atoms with Crippen LogP contribution in [-0.4, -0.2) is 48.6 Å². The van der Waals surface area contributed by atoms with E-state index in [-0.39, 0.29) is 45.8 Å². The van der Waals surface area contributed by atoms with Crippen molar-refractivity contribution in [2.75, 3.05) is 6.67 Å². The van der Waals surface area contributed by atoms with E-state index in [1.807, 2.05) is 0 Å². The average molecular weight is 510 g/mol. The van der Waals surface area contributed by atoms with Crippen LogP contribution in [0, 0.1) is 0 Å². The third kappa shape index (κ3) is 4.80. The van der Waals surface area contributed by atoms with Gasteiger partial charge in [-0.15, -0.1) is 5.10 Å². The van der Waals surface area contributed by atoms with Gasteiger partial charge in [0.15, 0.2) is 17.7 Å². The number of hydrogen-bond donors (Lipinski definition) is 1. The molecule has 4 rings (SSSR count). The van der Waals surface area contributed by atoms with E-state index >= 15 is 0 Å². The number of ether oxygens (including phenoxy) is 2. The number of halogens is 4. The van der Waals surface area contributed by atoms with Gasteiger partial charge in [0.2, 0.25) is 5.88 Å². The molecule has 1 N–H and O–H groups in total. The Labute approximate surface area is 201 Å². The molecule has 0 spiro atoms. The van der Waals surface area contributed by atoms with Crippen molar-refractivity contribution in [2.24, 2.45) is 0 Å². The van der Waals surface area contributed by atoms with E-state index in [2.05, 4.69) is 15.1 Å². The van der Waals surface area contributed by atoms with Crippen LogP contribution in [0.1, 0.15) is 12.7 Å². The third-order valence-electron chi connectivity index (χ3n) is 5.07. The third-order valence-corrected chi connectivity index (χ3v) is 5.38. The van der Waals surface area contributed by atoms with Crippen LogP contribution in [0.2, 0.25) is 5.02 Å². The van der Waals surface area contributed by atoms with Crippen LogP contribution < -0.4 is 15.2 Å². The molecular weight excluding hydrogens is 491 g/mol. The van der Waals surface area contributed by atoms with Gasteiger partial charge in [-0.1, -0.05) is 11.6 Å². The normalized spacial score (nSPS) is 12.3. The number of alkyl halides is 3. The van der Waals surface area contributed by atoms with Gasteiger partial charge in [-0.2, -0.15) is 4.68 Å². The molecule has 3 aromatic heterocycles. The van der Waals surface area contributed by atoms with Gasteiger partial charge in [0.25, 0.3) is 6.43 Å². The lowest BCUT2D eigenvalue weighted by Gasteiger charge is -2.19. The first-order valence-electron chi connectivity index (χ1n) is 10.4. The summed E-state index contributed by atoms with van der Waals surface area (Å²) in [5, 5.41) is 14.4. The minimum atomic E-state index is -3.13. The maximum atomic E-state index is 13.4. The van der Waals surface area contributed by atoms with Crippen LogP contribution in [0.4, 0.5) is 13.2 Å². The molecule has 3 heterocycles. The predicted molar refractivity (Wildman–Crippen MR) is 120 cm³/mol. The lowest BCUT2D eigenvalue weighted by Crippen LogP contribution is -2.28. The van der Waals surface area contributed by atoms with Gasteiger partial charge in [-0.05, 0) is 30.5 Å². The number of nitrogens with zero attached hydrogens (tertiary/aromatic N) is 5. The van der Waals surface area contributed by atoms with E-state index in [9.17, 15) is 23.1 Å². The van der Waals surface area contributed by atoms with Crippen molar-refractivity contribution in [3.8, 4) is 23.1 Å². The first-order chi connectivity index (χ1) is 16.9. The molecule has 0 fully saturated rings. The number of pyridine rings is 2. The fourth-order valence-corrected chi connectivity index (χ4v) is 3.56. The molecular formula is C22H19ClF3N5O4. The SMILES string of the molecule is CCn1c(CO)nn(-c2cc(OC(CF)C(F)F)c3c(Oc4cnccc4Cl)nccc3c2)c1=O. The van der Waals surface area contributed by atoms with Gasteiger partial charge in [-0.3, -0.25) is 9.55 Å². The summed E-state index contributed by atoms with van der Waals surface area (Å²) in [5.74, 6) is -0.0230. The number of aliphatic hydroxyl groups excluding tert-OH is 1. The van der Waals surface area contributed by atoms with E-state index in [1.165, 1.54) is 47.4 Å². The number of aromatic nitrogens is 5. The molecule has 0 radical (unpaired) electrons. The molecule has 0 saturated carbocycles. The lowest BCUT2D eigenvalue weighted by molar-refractivity contribution is -0.000431. The summed E-state index contributed by atoms with van der Waals surface area (Å²) in [5.41, 5.74) is -0.423. The Morgan fingerprint density at radius 1 is 1.20 bits per heavy atom. The van der Waals surface area contributed by atoms with Gasteiger partial charge in [0.05, 0.1) is 22.3 Å². The highest BCUT2D eigenvalue weighted by molar-refractivity contribution is 6.32. The lowest BCUT2D eigenvalue weighted by atomic mass is 10.1. The van der Waals surface area contributed by atoms with Crippen LogP contribution in [0.3, 0.4) is 0 Å². The van der Waals surface area contributed by atoms with E-state index < -0.39 is 31.5 Å². The molecule has 0 bridgehead atoms. The molecule has 0 aliphatic heterocycles. The Hall–Kier alpha value is -3.64. The predicted octanol–water partition coefficient (Wildman–Crippen LogP) is 3.92. The van der Waals surface area contributed by atoms with Gasteiger partial charge in [0.1, 0.15) is 19.0 Å². The van der Waals surface area contributed by atoms with Crippen molar-refractivity contribution in [1.29, 1.82) is 0 Å². The number of rotatable bonds is 9. The average Bonchev–Trinajstić information content (AvgIpc) is 3.18. The van der Waals surface area contributed by atoms with Crippen LogP contribution in [0.5, 0.6) is 17.4 Å². The van der Waals surface area contributed by atoms with E-state index in [1.54, 1.807) is 6.92 Å². The van der Waals surface area contributed by atoms with Gasteiger partial charge < -0.3 is 14.6 Å². The zero-order valence-electron chi connectivity index (χ0n) is 18.2. The molecule has 9 nitrogen and oxygen atoms in total. The van der Waals surface area contributed by atoms with Crippen molar-refractivity contribution in [3.63, 3.8) is 0 Å². The Morgan fingerprint density at radius 2 is 2.00 bits per heavy atom. The van der Waals surface area contributed by atoms with Crippen LogP contribution >= 0.6 is 11.6 Å². The molecule has 184 valence electrons. The van der Waals surface area contributed by atoms with Crippen molar-refractivity contribution < 1.29 is 27.8 Å². The first kappa shape index (κ1) is 24.5. The summed E-state index contributed by atoms with van der Waals surface area (Å²) in [4.78, 5) is 20.9. The highest BCUT2D eigenvalue weighted by atomic mass is 35.5. The Balaban J connectivity index is 1.93. The van der Waals surface area contributed by atoms with Gasteiger partial charge in [-0.25, -0.2) is 22.9 Å². The molecule has 0 aliphatic rings. The summed E-state index contributed by atoms with van der Waals surface area (Å²) >= 11 is 6.14. The topological polar surface area (TPSA) is 104 Å². The Morgan fingerprint density at radius 3 is 2.63 bits per heavy atom. The molecule has 13 heteroatoms. The molecule has 1 unspecified atom stereocenters. The van der Waals surface area contributed by atoms with E-state index in [0.717, 1.165) is 4.68 Å². The maximum Gasteiger partial charge on any atom is 0.350 e. The Bertz CT molecular complexity index is 1410. The van der Waals surface area contributed by atoms with Crippen molar-refractivity contribution in [1.82, 2.24) is 24.3 Å². The van der Waals surface area contributed by atoms with Crippen LogP contribution in [0.25, 0.3) is 16.5 Å². The molecule has 0 saturated heterocycles. The molecule has 1 aromatic carbocycles. The van der Waals surface area contributed by atoms with Crippen molar-refractivity contribution >= 4 is 22.4 Å². The fraction of sp³-hybridized carbons (Fsp3) is 0.273. The summed E-state index contributed by atoms with van der Waals surface area (Å²) in [6.07, 6.45) is -1.03. The van der Waals surface area contributed by atoms with E-state index in [0.29, 0.717) is 5.39 Å². The van der Waals surface area contributed by atoms with Crippen molar-refractivity contribution in [3.05, 3.63) is 64.2 Å². The second-order valence-corrected chi connectivity index (χ2v) is 7.63. The number of aliphatic hydroxyl groups is 1. The van der Waals surface area contributed by atoms with Crippen molar-refractivity contribution in [2.45, 2.75) is 32.6 Å². The summed E-state index contributed by atoms with van der Waals surface area (Å²) in [6, 6.07) is 5.81.